The van der Waals surface area contributed by atoms with Crippen LogP contribution in [0.3, 0.4) is 0 Å². The molecule has 0 spiro atoms. The molecule has 20 heavy (non-hydrogen) atoms. The second-order valence-corrected chi connectivity index (χ2v) is 4.75. The van der Waals surface area contributed by atoms with Crippen molar-refractivity contribution in [2.45, 2.75) is 26.1 Å². The molecule has 0 bridgehead atoms. The summed E-state index contributed by atoms with van der Waals surface area (Å²) >= 11 is 0. The van der Waals surface area contributed by atoms with Gasteiger partial charge in [0, 0.05) is 11.8 Å². The first-order valence-electron chi connectivity index (χ1n) is 6.47. The predicted octanol–water partition coefficient (Wildman–Crippen LogP) is 2.79. The van der Waals surface area contributed by atoms with E-state index in [4.69, 9.17) is 4.74 Å². The van der Waals surface area contributed by atoms with E-state index in [9.17, 15) is 9.90 Å². The summed E-state index contributed by atoms with van der Waals surface area (Å²) in [5.41, 5.74) is 0.896. The van der Waals surface area contributed by atoms with Gasteiger partial charge in [0.15, 0.2) is 5.78 Å². The number of benzene rings is 1. The van der Waals surface area contributed by atoms with Gasteiger partial charge >= 0.3 is 0 Å². The second-order valence-electron chi connectivity index (χ2n) is 4.75. The van der Waals surface area contributed by atoms with Crippen LogP contribution < -0.4 is 4.74 Å². The molecule has 4 nitrogen and oxygen atoms in total. The minimum atomic E-state index is -1.19. The third-order valence-corrected chi connectivity index (χ3v) is 2.73. The topological polar surface area (TPSA) is 59.4 Å². The van der Waals surface area contributed by atoms with Crippen molar-refractivity contribution < 1.29 is 14.6 Å². The lowest BCUT2D eigenvalue weighted by Crippen LogP contribution is -2.13. The molecule has 0 aliphatic carbocycles. The van der Waals surface area contributed by atoms with Crippen molar-refractivity contribution in [1.82, 2.24) is 4.98 Å². The Hall–Kier alpha value is -2.20. The molecular weight excluding hydrogens is 254 g/mol. The lowest BCUT2D eigenvalue weighted by atomic mass is 10.0. The maximum Gasteiger partial charge on any atom is 0.197 e. The molecular formula is C16H17NO3. The summed E-state index contributed by atoms with van der Waals surface area (Å²) in [6.45, 7) is 3.79. The molecule has 0 saturated carbocycles. The minimum Gasteiger partial charge on any atom is -0.489 e. The van der Waals surface area contributed by atoms with Crippen LogP contribution in [0.15, 0.2) is 48.8 Å². The van der Waals surface area contributed by atoms with E-state index in [1.165, 1.54) is 6.20 Å². The molecule has 1 atom stereocenters. The van der Waals surface area contributed by atoms with E-state index in [1.807, 2.05) is 19.9 Å². The zero-order valence-corrected chi connectivity index (χ0v) is 11.5. The average Bonchev–Trinajstić information content (AvgIpc) is 2.46. The summed E-state index contributed by atoms with van der Waals surface area (Å²) in [4.78, 5) is 16.2. The van der Waals surface area contributed by atoms with E-state index >= 15 is 0 Å². The Morgan fingerprint density at radius 1 is 1.20 bits per heavy atom. The molecule has 0 saturated heterocycles. The zero-order chi connectivity index (χ0) is 14.5. The number of Topliss-reactive ketones (excluding diaryl/α,β-unsaturated/α-hetero) is 1. The molecule has 0 aliphatic rings. The molecule has 1 aromatic carbocycles. The van der Waals surface area contributed by atoms with Crippen LogP contribution in [0.5, 0.6) is 5.75 Å². The summed E-state index contributed by atoms with van der Waals surface area (Å²) in [5.74, 6) is 0.129. The Morgan fingerprint density at radius 3 is 2.55 bits per heavy atom. The van der Waals surface area contributed by atoms with E-state index in [0.717, 1.165) is 0 Å². The first-order chi connectivity index (χ1) is 9.58. The normalized spacial score (nSPS) is 12.2. The largest absolute Gasteiger partial charge is 0.489 e. The number of carbonyl (C=O) groups is 1. The van der Waals surface area contributed by atoms with Gasteiger partial charge in [-0.15, -0.1) is 0 Å². The molecule has 0 radical (unpaired) electrons. The fourth-order valence-corrected chi connectivity index (χ4v) is 1.83. The van der Waals surface area contributed by atoms with Crippen LogP contribution in [-0.2, 0) is 0 Å². The van der Waals surface area contributed by atoms with Gasteiger partial charge in [-0.3, -0.25) is 9.78 Å². The molecule has 0 aliphatic heterocycles. The monoisotopic (exact) mass is 271 g/mol. The third-order valence-electron chi connectivity index (χ3n) is 2.73. The molecule has 104 valence electrons. The lowest BCUT2D eigenvalue weighted by Gasteiger charge is -2.12. The summed E-state index contributed by atoms with van der Waals surface area (Å²) in [5, 5.41) is 10.1. The van der Waals surface area contributed by atoms with Gasteiger partial charge in [0.05, 0.1) is 12.3 Å². The number of aliphatic hydroxyl groups is 1. The van der Waals surface area contributed by atoms with Crippen LogP contribution in [0, 0.1) is 0 Å². The number of carbonyl (C=O) groups excluding carboxylic acids is 1. The molecule has 1 aromatic heterocycles. The summed E-state index contributed by atoms with van der Waals surface area (Å²) in [7, 11) is 0. The van der Waals surface area contributed by atoms with Gasteiger partial charge in [0.25, 0.3) is 0 Å². The zero-order valence-electron chi connectivity index (χ0n) is 11.5. The van der Waals surface area contributed by atoms with Gasteiger partial charge < -0.3 is 9.84 Å². The van der Waals surface area contributed by atoms with Crippen LogP contribution >= 0.6 is 0 Å². The Bertz CT molecular complexity index is 581. The number of hydrogen-bond donors (Lipinski definition) is 1. The van der Waals surface area contributed by atoms with Gasteiger partial charge in [-0.05, 0) is 25.5 Å². The van der Waals surface area contributed by atoms with Crippen molar-refractivity contribution in [3.8, 4) is 5.75 Å². The number of aromatic nitrogens is 1. The van der Waals surface area contributed by atoms with Crippen molar-refractivity contribution in [2.24, 2.45) is 0 Å². The fraction of sp³-hybridized carbons (Fsp3) is 0.250. The molecule has 4 heteroatoms. The fourth-order valence-electron chi connectivity index (χ4n) is 1.83. The highest BCUT2D eigenvalue weighted by Crippen LogP contribution is 2.20. The molecule has 1 unspecified atom stereocenters. The first kappa shape index (κ1) is 14.2. The Balaban J connectivity index is 2.21. The molecule has 1 N–H and O–H groups in total. The van der Waals surface area contributed by atoms with Crippen molar-refractivity contribution in [2.75, 3.05) is 0 Å². The van der Waals surface area contributed by atoms with Crippen LogP contribution in [0.2, 0.25) is 0 Å². The van der Waals surface area contributed by atoms with Crippen molar-refractivity contribution in [1.29, 1.82) is 0 Å². The SMILES string of the molecule is CC(C)Oc1cncc(C(=O)C(O)c2ccccc2)c1. The Kier molecular flexibility index (Phi) is 4.48. The van der Waals surface area contributed by atoms with Crippen LogP contribution in [-0.4, -0.2) is 22.0 Å². The van der Waals surface area contributed by atoms with Crippen LogP contribution in [0.25, 0.3) is 0 Å². The highest BCUT2D eigenvalue weighted by atomic mass is 16.5. The Labute approximate surface area is 118 Å². The van der Waals surface area contributed by atoms with E-state index in [-0.39, 0.29) is 6.10 Å². The highest BCUT2D eigenvalue weighted by molar-refractivity contribution is 5.99. The number of ketones is 1. The molecule has 1 heterocycles. The van der Waals surface area contributed by atoms with Gasteiger partial charge in [0.1, 0.15) is 11.9 Å². The number of hydrogen-bond acceptors (Lipinski definition) is 4. The number of rotatable bonds is 5. The highest BCUT2D eigenvalue weighted by Gasteiger charge is 2.19. The maximum atomic E-state index is 12.2. The first-order valence-corrected chi connectivity index (χ1v) is 6.47. The summed E-state index contributed by atoms with van der Waals surface area (Å²) < 4.78 is 5.49. The molecule has 2 rings (SSSR count). The lowest BCUT2D eigenvalue weighted by molar-refractivity contribution is 0.0746. The van der Waals surface area contributed by atoms with Gasteiger partial charge in [0.2, 0.25) is 0 Å². The Morgan fingerprint density at radius 2 is 1.90 bits per heavy atom. The third kappa shape index (κ3) is 3.42. The van der Waals surface area contributed by atoms with Crippen LogP contribution in [0.1, 0.15) is 35.9 Å². The molecule has 0 amide bonds. The number of pyridine rings is 1. The van der Waals surface area contributed by atoms with Crippen molar-refractivity contribution in [3.05, 3.63) is 59.9 Å². The number of ether oxygens (including phenoxy) is 1. The van der Waals surface area contributed by atoms with Crippen molar-refractivity contribution >= 4 is 5.78 Å². The van der Waals surface area contributed by atoms with E-state index in [2.05, 4.69) is 4.98 Å². The second kappa shape index (κ2) is 6.30. The number of aliphatic hydroxyl groups excluding tert-OH is 1. The van der Waals surface area contributed by atoms with Gasteiger partial charge in [-0.1, -0.05) is 30.3 Å². The standard InChI is InChI=1S/C16H17NO3/c1-11(2)20-14-8-13(9-17-10-14)16(19)15(18)12-6-4-3-5-7-12/h3-11,15,18H,1-2H3. The quantitative estimate of drug-likeness (QED) is 0.849. The van der Waals surface area contributed by atoms with E-state index in [0.29, 0.717) is 16.9 Å². The average molecular weight is 271 g/mol. The van der Waals surface area contributed by atoms with E-state index < -0.39 is 11.9 Å². The maximum absolute atomic E-state index is 12.2. The molecule has 2 aromatic rings. The number of nitrogens with zero attached hydrogens (tertiary/aromatic N) is 1. The smallest absolute Gasteiger partial charge is 0.197 e. The van der Waals surface area contributed by atoms with Gasteiger partial charge in [-0.25, -0.2) is 0 Å². The predicted molar refractivity (Wildman–Crippen MR) is 75.7 cm³/mol. The summed E-state index contributed by atoms with van der Waals surface area (Å²) in [6.07, 6.45) is 1.79. The van der Waals surface area contributed by atoms with Gasteiger partial charge in [-0.2, -0.15) is 0 Å². The van der Waals surface area contributed by atoms with Crippen molar-refractivity contribution in [3.63, 3.8) is 0 Å². The molecule has 0 fully saturated rings. The van der Waals surface area contributed by atoms with Crippen LogP contribution in [0.4, 0.5) is 0 Å². The summed E-state index contributed by atoms with van der Waals surface area (Å²) in [6, 6.07) is 10.4. The minimum absolute atomic E-state index is 0.00111. The van der Waals surface area contributed by atoms with E-state index in [1.54, 1.807) is 36.5 Å².